The third-order valence-corrected chi connectivity index (χ3v) is 2.32. The summed E-state index contributed by atoms with van der Waals surface area (Å²) in [5, 5.41) is 0. The van der Waals surface area contributed by atoms with Crippen LogP contribution in [0.3, 0.4) is 0 Å². The predicted octanol–water partition coefficient (Wildman–Crippen LogP) is 0.317. The van der Waals surface area contributed by atoms with Crippen LogP contribution in [-0.2, 0) is 9.47 Å². The van der Waals surface area contributed by atoms with Gasteiger partial charge in [0, 0.05) is 39.4 Å². The minimum atomic E-state index is 0.287. The van der Waals surface area contributed by atoms with E-state index < -0.39 is 0 Å². The van der Waals surface area contributed by atoms with Gasteiger partial charge in [0.1, 0.15) is 0 Å². The number of hydrogen-bond acceptors (Lipinski definition) is 4. The van der Waals surface area contributed by atoms with E-state index in [2.05, 4.69) is 18.7 Å². The van der Waals surface area contributed by atoms with E-state index in [9.17, 15) is 0 Å². The van der Waals surface area contributed by atoms with Crippen LogP contribution >= 0.6 is 0 Å². The van der Waals surface area contributed by atoms with Gasteiger partial charge >= 0.3 is 0 Å². The fourth-order valence-corrected chi connectivity index (χ4v) is 1.55. The molecule has 0 heterocycles. The quantitative estimate of drug-likeness (QED) is 0.618. The molecule has 4 nitrogen and oxygen atoms in total. The number of nitrogens with two attached hydrogens (primary N) is 1. The highest BCUT2D eigenvalue weighted by Crippen LogP contribution is 2.04. The molecule has 0 aromatic carbocycles. The summed E-state index contributed by atoms with van der Waals surface area (Å²) in [6.07, 6.45) is 0. The molecule has 0 rings (SSSR count). The highest BCUT2D eigenvalue weighted by molar-refractivity contribution is 4.75. The van der Waals surface area contributed by atoms with Crippen LogP contribution in [-0.4, -0.2) is 57.5 Å². The van der Waals surface area contributed by atoms with Gasteiger partial charge in [0.05, 0.1) is 13.2 Å². The Morgan fingerprint density at radius 2 is 1.86 bits per heavy atom. The van der Waals surface area contributed by atoms with Gasteiger partial charge < -0.3 is 15.2 Å². The zero-order chi connectivity index (χ0) is 11.0. The molecule has 0 fully saturated rings. The van der Waals surface area contributed by atoms with E-state index in [4.69, 9.17) is 15.2 Å². The van der Waals surface area contributed by atoms with Crippen LogP contribution in [0.15, 0.2) is 0 Å². The van der Waals surface area contributed by atoms with Crippen molar-refractivity contribution in [2.75, 3.05) is 40.5 Å². The molecule has 1 atom stereocenters. The van der Waals surface area contributed by atoms with Crippen molar-refractivity contribution in [3.05, 3.63) is 0 Å². The van der Waals surface area contributed by atoms with E-state index in [0.29, 0.717) is 19.2 Å². The second-order valence-corrected chi connectivity index (χ2v) is 3.67. The van der Waals surface area contributed by atoms with Crippen LogP contribution in [0.2, 0.25) is 0 Å². The Bertz CT molecular complexity index is 131. The van der Waals surface area contributed by atoms with E-state index in [1.54, 1.807) is 14.2 Å². The van der Waals surface area contributed by atoms with Crippen molar-refractivity contribution in [3.8, 4) is 0 Å². The lowest BCUT2D eigenvalue weighted by atomic mass is 10.2. The van der Waals surface area contributed by atoms with Gasteiger partial charge in [-0.05, 0) is 13.8 Å². The van der Waals surface area contributed by atoms with Gasteiger partial charge in [-0.3, -0.25) is 4.90 Å². The Hall–Kier alpha value is -0.160. The largest absolute Gasteiger partial charge is 0.383 e. The molecule has 0 saturated heterocycles. The monoisotopic (exact) mass is 204 g/mol. The molecule has 0 aliphatic rings. The zero-order valence-corrected chi connectivity index (χ0v) is 9.82. The van der Waals surface area contributed by atoms with Gasteiger partial charge in [-0.25, -0.2) is 0 Å². The second-order valence-electron chi connectivity index (χ2n) is 3.67. The van der Waals surface area contributed by atoms with E-state index in [1.807, 2.05) is 0 Å². The minimum absolute atomic E-state index is 0.287. The molecule has 0 radical (unpaired) electrons. The maximum Gasteiger partial charge on any atom is 0.0630 e. The number of nitrogens with zero attached hydrogens (tertiary/aromatic N) is 1. The summed E-state index contributed by atoms with van der Waals surface area (Å²) in [5.41, 5.74) is 5.71. The van der Waals surface area contributed by atoms with Gasteiger partial charge in [-0.2, -0.15) is 0 Å². The molecule has 0 bridgehead atoms. The van der Waals surface area contributed by atoms with Crippen molar-refractivity contribution < 1.29 is 9.47 Å². The molecule has 0 aromatic rings. The van der Waals surface area contributed by atoms with Crippen LogP contribution in [0.4, 0.5) is 0 Å². The molecule has 0 aromatic heterocycles. The first kappa shape index (κ1) is 13.8. The van der Waals surface area contributed by atoms with E-state index in [1.165, 1.54) is 0 Å². The molecule has 4 heteroatoms. The number of methoxy groups -OCH3 is 2. The van der Waals surface area contributed by atoms with Crippen molar-refractivity contribution in [1.29, 1.82) is 0 Å². The third-order valence-electron chi connectivity index (χ3n) is 2.32. The summed E-state index contributed by atoms with van der Waals surface area (Å²) in [4.78, 5) is 2.31. The molecule has 0 saturated carbocycles. The normalized spacial score (nSPS) is 13.9. The summed E-state index contributed by atoms with van der Waals surface area (Å²) < 4.78 is 10.2. The number of ether oxygens (including phenoxy) is 2. The van der Waals surface area contributed by atoms with E-state index in [0.717, 1.165) is 13.2 Å². The lowest BCUT2D eigenvalue weighted by Gasteiger charge is -2.33. The molecule has 14 heavy (non-hydrogen) atoms. The van der Waals surface area contributed by atoms with Crippen molar-refractivity contribution in [3.63, 3.8) is 0 Å². The number of rotatable bonds is 8. The van der Waals surface area contributed by atoms with Gasteiger partial charge in [-0.1, -0.05) is 0 Å². The molecule has 0 amide bonds. The molecule has 1 unspecified atom stereocenters. The van der Waals surface area contributed by atoms with Gasteiger partial charge in [0.2, 0.25) is 0 Å². The Morgan fingerprint density at radius 3 is 2.21 bits per heavy atom. The fourth-order valence-electron chi connectivity index (χ4n) is 1.55. The Kier molecular flexibility index (Phi) is 8.08. The Balaban J connectivity index is 4.12. The first-order valence-corrected chi connectivity index (χ1v) is 5.11. The second kappa shape index (κ2) is 8.17. The lowest BCUT2D eigenvalue weighted by molar-refractivity contribution is 0.0522. The third kappa shape index (κ3) is 4.91. The van der Waals surface area contributed by atoms with Crippen LogP contribution < -0.4 is 5.73 Å². The summed E-state index contributed by atoms with van der Waals surface area (Å²) in [6.45, 7) is 7.26. The van der Waals surface area contributed by atoms with Crippen molar-refractivity contribution in [2.24, 2.45) is 5.73 Å². The summed E-state index contributed by atoms with van der Waals surface area (Å²) in [7, 11) is 3.42. The van der Waals surface area contributed by atoms with Crippen molar-refractivity contribution in [1.82, 2.24) is 4.90 Å². The highest BCUT2D eigenvalue weighted by Gasteiger charge is 2.19. The molecule has 0 aliphatic carbocycles. The highest BCUT2D eigenvalue weighted by atomic mass is 16.5. The van der Waals surface area contributed by atoms with Crippen molar-refractivity contribution >= 4 is 0 Å². The molecular weight excluding hydrogens is 180 g/mol. The van der Waals surface area contributed by atoms with Crippen molar-refractivity contribution in [2.45, 2.75) is 25.9 Å². The van der Waals surface area contributed by atoms with Gasteiger partial charge in [-0.15, -0.1) is 0 Å². The average Bonchev–Trinajstić information content (AvgIpc) is 2.16. The molecule has 2 N–H and O–H groups in total. The predicted molar refractivity (Wildman–Crippen MR) is 58.4 cm³/mol. The standard InChI is InChI=1S/C10H24N2O2/c1-9(2)12(5-6-13-3)10(7-11)8-14-4/h9-10H,5-8,11H2,1-4H3. The van der Waals surface area contributed by atoms with Crippen LogP contribution in [0, 0.1) is 0 Å². The lowest BCUT2D eigenvalue weighted by Crippen LogP contribution is -2.48. The van der Waals surface area contributed by atoms with Crippen LogP contribution in [0.5, 0.6) is 0 Å². The SMILES string of the molecule is COCCN(C(C)C)C(CN)COC. The topological polar surface area (TPSA) is 47.7 Å². The molecule has 0 aliphatic heterocycles. The van der Waals surface area contributed by atoms with E-state index in [-0.39, 0.29) is 6.04 Å². The van der Waals surface area contributed by atoms with Crippen LogP contribution in [0.1, 0.15) is 13.8 Å². The Labute approximate surface area is 87.4 Å². The first-order valence-electron chi connectivity index (χ1n) is 5.11. The summed E-state index contributed by atoms with van der Waals surface area (Å²) in [6, 6.07) is 0.754. The Morgan fingerprint density at radius 1 is 1.21 bits per heavy atom. The van der Waals surface area contributed by atoms with Gasteiger partial charge in [0.25, 0.3) is 0 Å². The summed E-state index contributed by atoms with van der Waals surface area (Å²) >= 11 is 0. The smallest absolute Gasteiger partial charge is 0.0630 e. The summed E-state index contributed by atoms with van der Waals surface area (Å²) in [5.74, 6) is 0. The molecule has 0 spiro atoms. The fraction of sp³-hybridized carbons (Fsp3) is 1.00. The average molecular weight is 204 g/mol. The minimum Gasteiger partial charge on any atom is -0.383 e. The molecular formula is C10H24N2O2. The van der Waals surface area contributed by atoms with Gasteiger partial charge in [0.15, 0.2) is 0 Å². The van der Waals surface area contributed by atoms with Crippen LogP contribution in [0.25, 0.3) is 0 Å². The first-order chi connectivity index (χ1) is 6.67. The number of hydrogen-bond donors (Lipinski definition) is 1. The maximum absolute atomic E-state index is 5.71. The zero-order valence-electron chi connectivity index (χ0n) is 9.82. The van der Waals surface area contributed by atoms with E-state index >= 15 is 0 Å². The maximum atomic E-state index is 5.71. The molecule has 86 valence electrons.